The average molecular weight is 304 g/mol. The molecule has 0 atom stereocenters. The molecule has 1 rings (SSSR count). The van der Waals surface area contributed by atoms with Crippen LogP contribution in [0, 0.1) is 11.3 Å². The summed E-state index contributed by atoms with van der Waals surface area (Å²) in [7, 11) is -3.57. The Morgan fingerprint density at radius 1 is 1.26 bits per heavy atom. The van der Waals surface area contributed by atoms with E-state index < -0.39 is 7.82 Å². The fraction of sp³-hybridized carbons (Fsp3) is 0.417. The second kappa shape index (κ2) is 7.64. The lowest BCUT2D eigenvalue weighted by Gasteiger charge is -2.16. The number of benzene rings is 1. The van der Waals surface area contributed by atoms with E-state index in [4.69, 9.17) is 30.4 Å². The maximum atomic E-state index is 12.1. The zero-order valence-corrected chi connectivity index (χ0v) is 12.4. The fourth-order valence-corrected chi connectivity index (χ4v) is 2.68. The summed E-state index contributed by atoms with van der Waals surface area (Å²) in [6, 6.07) is 6.80. The molecule has 7 heteroatoms. The van der Waals surface area contributed by atoms with Crippen LogP contribution < -0.4 is 0 Å². The third-order valence-electron chi connectivity index (χ3n) is 2.14. The molecule has 5 nitrogen and oxygen atoms in total. The Kier molecular flexibility index (Phi) is 6.50. The van der Waals surface area contributed by atoms with Gasteiger partial charge in [-0.2, -0.15) is 5.26 Å². The van der Waals surface area contributed by atoms with Gasteiger partial charge in [0.15, 0.2) is 0 Å². The highest BCUT2D eigenvalue weighted by Crippen LogP contribution is 2.50. The van der Waals surface area contributed by atoms with Crippen molar-refractivity contribution in [2.75, 3.05) is 13.2 Å². The van der Waals surface area contributed by atoms with Gasteiger partial charge < -0.3 is 0 Å². The molecule has 0 aliphatic heterocycles. The van der Waals surface area contributed by atoms with E-state index in [1.54, 1.807) is 26.0 Å². The Balaban J connectivity index is 2.80. The van der Waals surface area contributed by atoms with Gasteiger partial charge in [-0.1, -0.05) is 17.7 Å². The van der Waals surface area contributed by atoms with Crippen LogP contribution in [0.15, 0.2) is 18.2 Å². The molecule has 1 aromatic rings. The van der Waals surface area contributed by atoms with E-state index in [0.29, 0.717) is 16.1 Å². The molecule has 104 valence electrons. The lowest BCUT2D eigenvalue weighted by molar-refractivity contribution is 0.116. The van der Waals surface area contributed by atoms with Crippen LogP contribution in [0.2, 0.25) is 5.02 Å². The molecule has 1 aromatic carbocycles. The third-order valence-corrected chi connectivity index (χ3v) is 3.97. The van der Waals surface area contributed by atoms with E-state index in [-0.39, 0.29) is 19.8 Å². The first-order valence-corrected chi connectivity index (χ1v) is 7.60. The van der Waals surface area contributed by atoms with Crippen molar-refractivity contribution in [2.24, 2.45) is 0 Å². The zero-order valence-electron chi connectivity index (χ0n) is 10.8. The monoisotopic (exact) mass is 303 g/mol. The largest absolute Gasteiger partial charge is 0.475 e. The number of halogens is 1. The number of nitrogens with zero attached hydrogens (tertiary/aromatic N) is 1. The predicted molar refractivity (Wildman–Crippen MR) is 71.8 cm³/mol. The SMILES string of the molecule is CCOP(=O)(OCC)OCc1ccc(Cl)cc1C#N. The van der Waals surface area contributed by atoms with Crippen molar-refractivity contribution in [1.82, 2.24) is 0 Å². The third kappa shape index (κ3) is 4.94. The second-order valence-electron chi connectivity index (χ2n) is 3.47. The molecule has 19 heavy (non-hydrogen) atoms. The minimum atomic E-state index is -3.57. The number of phosphoric acid groups is 1. The lowest BCUT2D eigenvalue weighted by atomic mass is 10.1. The number of nitriles is 1. The van der Waals surface area contributed by atoms with Gasteiger partial charge in [0.2, 0.25) is 0 Å². The zero-order chi connectivity index (χ0) is 14.3. The number of rotatable bonds is 7. The van der Waals surface area contributed by atoms with E-state index in [9.17, 15) is 4.57 Å². The Morgan fingerprint density at radius 2 is 1.89 bits per heavy atom. The van der Waals surface area contributed by atoms with E-state index >= 15 is 0 Å². The molecule has 0 saturated heterocycles. The number of phosphoric ester groups is 1. The molecule has 0 aliphatic rings. The Bertz CT molecular complexity index is 505. The van der Waals surface area contributed by atoms with Crippen LogP contribution in [0.25, 0.3) is 0 Å². The van der Waals surface area contributed by atoms with E-state index in [0.717, 1.165) is 0 Å². The summed E-state index contributed by atoms with van der Waals surface area (Å²) >= 11 is 5.79. The topological polar surface area (TPSA) is 68.6 Å². The van der Waals surface area contributed by atoms with Crippen molar-refractivity contribution < 1.29 is 18.1 Å². The highest BCUT2D eigenvalue weighted by atomic mass is 35.5. The van der Waals surface area contributed by atoms with Gasteiger partial charge in [0.05, 0.1) is 31.5 Å². The summed E-state index contributed by atoms with van der Waals surface area (Å²) in [5.41, 5.74) is 0.943. The highest BCUT2D eigenvalue weighted by Gasteiger charge is 2.25. The standard InChI is InChI=1S/C12H15ClNO4P/c1-3-16-19(15,17-4-2)18-9-10-5-6-12(13)7-11(10)8-14/h5-7H,3-4,9H2,1-2H3. The summed E-state index contributed by atoms with van der Waals surface area (Å²) in [5, 5.41) is 9.44. The molecule has 0 aromatic heterocycles. The van der Waals surface area contributed by atoms with Crippen LogP contribution in [0.3, 0.4) is 0 Å². The van der Waals surface area contributed by atoms with Crippen molar-refractivity contribution in [3.63, 3.8) is 0 Å². The molecule has 0 amide bonds. The van der Waals surface area contributed by atoms with E-state index in [1.807, 2.05) is 6.07 Å². The first-order chi connectivity index (χ1) is 9.04. The molecule has 0 fully saturated rings. The molecule has 0 spiro atoms. The van der Waals surface area contributed by atoms with Gasteiger partial charge in [0.25, 0.3) is 0 Å². The summed E-state index contributed by atoms with van der Waals surface area (Å²) in [6.07, 6.45) is 0. The number of hydrogen-bond donors (Lipinski definition) is 0. The molecule has 0 heterocycles. The Hall–Kier alpha value is -0.890. The van der Waals surface area contributed by atoms with Gasteiger partial charge >= 0.3 is 7.82 Å². The molecule has 0 aliphatic carbocycles. The Morgan fingerprint density at radius 3 is 2.42 bits per heavy atom. The van der Waals surface area contributed by atoms with Crippen LogP contribution in [0.4, 0.5) is 0 Å². The average Bonchev–Trinajstić information content (AvgIpc) is 2.38. The molecule has 0 radical (unpaired) electrons. The van der Waals surface area contributed by atoms with Gasteiger partial charge in [0, 0.05) is 5.02 Å². The molecular weight excluding hydrogens is 289 g/mol. The number of hydrogen-bond acceptors (Lipinski definition) is 5. The maximum Gasteiger partial charge on any atom is 0.475 e. The lowest BCUT2D eigenvalue weighted by Crippen LogP contribution is -2.01. The van der Waals surface area contributed by atoms with Crippen molar-refractivity contribution in [1.29, 1.82) is 5.26 Å². The van der Waals surface area contributed by atoms with Crippen molar-refractivity contribution in [2.45, 2.75) is 20.5 Å². The van der Waals surface area contributed by atoms with E-state index in [2.05, 4.69) is 0 Å². The smallest absolute Gasteiger partial charge is 0.287 e. The maximum absolute atomic E-state index is 12.1. The second-order valence-corrected chi connectivity index (χ2v) is 5.57. The minimum absolute atomic E-state index is 0.0443. The van der Waals surface area contributed by atoms with Gasteiger partial charge in [-0.05, 0) is 31.5 Å². The predicted octanol–water partition coefficient (Wildman–Crippen LogP) is 3.91. The molecule has 0 unspecified atom stereocenters. The highest BCUT2D eigenvalue weighted by molar-refractivity contribution is 7.48. The summed E-state index contributed by atoms with van der Waals surface area (Å²) in [6.45, 7) is 3.76. The summed E-state index contributed by atoms with van der Waals surface area (Å²) in [5.74, 6) is 0. The van der Waals surface area contributed by atoms with Gasteiger partial charge in [-0.3, -0.25) is 13.6 Å². The molecule has 0 bridgehead atoms. The first-order valence-electron chi connectivity index (χ1n) is 5.76. The van der Waals surface area contributed by atoms with Crippen molar-refractivity contribution >= 4 is 19.4 Å². The van der Waals surface area contributed by atoms with Crippen LogP contribution in [-0.2, 0) is 24.7 Å². The first kappa shape index (κ1) is 16.2. The van der Waals surface area contributed by atoms with Gasteiger partial charge in [-0.25, -0.2) is 4.57 Å². The van der Waals surface area contributed by atoms with Crippen LogP contribution in [0.5, 0.6) is 0 Å². The molecular formula is C12H15ClNO4P. The molecule has 0 saturated carbocycles. The van der Waals surface area contributed by atoms with Crippen molar-refractivity contribution in [3.8, 4) is 6.07 Å². The summed E-state index contributed by atoms with van der Waals surface area (Å²) < 4.78 is 27.3. The van der Waals surface area contributed by atoms with Gasteiger partial charge in [-0.15, -0.1) is 0 Å². The van der Waals surface area contributed by atoms with E-state index in [1.165, 1.54) is 6.07 Å². The van der Waals surface area contributed by atoms with Crippen LogP contribution in [0.1, 0.15) is 25.0 Å². The normalized spacial score (nSPS) is 11.3. The van der Waals surface area contributed by atoms with Crippen LogP contribution >= 0.6 is 19.4 Å². The minimum Gasteiger partial charge on any atom is -0.287 e. The van der Waals surface area contributed by atoms with Crippen molar-refractivity contribution in [3.05, 3.63) is 34.3 Å². The quantitative estimate of drug-likeness (QED) is 0.714. The fourth-order valence-electron chi connectivity index (χ4n) is 1.36. The Labute approximate surface area is 117 Å². The molecule has 0 N–H and O–H groups in total. The van der Waals surface area contributed by atoms with Crippen LogP contribution in [-0.4, -0.2) is 13.2 Å². The summed E-state index contributed by atoms with van der Waals surface area (Å²) in [4.78, 5) is 0. The van der Waals surface area contributed by atoms with Gasteiger partial charge in [0.1, 0.15) is 0 Å².